The third-order valence-electron chi connectivity index (χ3n) is 3.78. The Morgan fingerprint density at radius 3 is 2.71 bits per heavy atom. The summed E-state index contributed by atoms with van der Waals surface area (Å²) < 4.78 is 24.6. The molecule has 1 rings (SSSR count). The zero-order valence-corrected chi connectivity index (χ0v) is 12.1. The molecule has 2 atom stereocenters. The maximum absolute atomic E-state index is 11.5. The zero-order valence-electron chi connectivity index (χ0n) is 11.3. The predicted molar refractivity (Wildman–Crippen MR) is 71.5 cm³/mol. The maximum atomic E-state index is 11.5. The van der Waals surface area contributed by atoms with Crippen LogP contribution in [0.4, 0.5) is 0 Å². The molecule has 0 aromatic heterocycles. The van der Waals surface area contributed by atoms with E-state index < -0.39 is 10.0 Å². The fourth-order valence-corrected chi connectivity index (χ4v) is 3.50. The molecule has 1 N–H and O–H groups in total. The highest BCUT2D eigenvalue weighted by atomic mass is 32.2. The Morgan fingerprint density at radius 1 is 1.47 bits per heavy atom. The summed E-state index contributed by atoms with van der Waals surface area (Å²) in [6.45, 7) is 3.61. The molecule has 1 saturated heterocycles. The van der Waals surface area contributed by atoms with Crippen LogP contribution in [0.1, 0.15) is 39.0 Å². The van der Waals surface area contributed by atoms with Crippen molar-refractivity contribution in [3.8, 4) is 0 Å². The van der Waals surface area contributed by atoms with Gasteiger partial charge in [0.1, 0.15) is 0 Å². The first kappa shape index (κ1) is 14.9. The lowest BCUT2D eigenvalue weighted by atomic mass is 9.92. The molecule has 1 aliphatic rings. The first-order chi connectivity index (χ1) is 7.97. The third kappa shape index (κ3) is 4.94. The quantitative estimate of drug-likeness (QED) is 0.788. The SMILES string of the molecule is CCC(CCC1CCCN(S(C)(=O)=O)C1)NC. The Bertz CT molecular complexity index is 312. The first-order valence-electron chi connectivity index (χ1n) is 6.59. The zero-order chi connectivity index (χ0) is 12.9. The van der Waals surface area contributed by atoms with Crippen molar-refractivity contribution < 1.29 is 8.42 Å². The number of piperidine rings is 1. The molecule has 0 spiro atoms. The molecule has 5 heteroatoms. The molecule has 0 radical (unpaired) electrons. The minimum absolute atomic E-state index is 0.542. The van der Waals surface area contributed by atoms with Crippen LogP contribution in [0.25, 0.3) is 0 Å². The van der Waals surface area contributed by atoms with Crippen LogP contribution in [-0.4, -0.2) is 45.2 Å². The molecular weight excluding hydrogens is 236 g/mol. The second-order valence-electron chi connectivity index (χ2n) is 5.10. The van der Waals surface area contributed by atoms with E-state index in [2.05, 4.69) is 12.2 Å². The Labute approximate surface area is 106 Å². The van der Waals surface area contributed by atoms with Gasteiger partial charge in [-0.25, -0.2) is 12.7 Å². The van der Waals surface area contributed by atoms with Gasteiger partial charge >= 0.3 is 0 Å². The van der Waals surface area contributed by atoms with Gasteiger partial charge in [-0.3, -0.25) is 0 Å². The molecule has 4 nitrogen and oxygen atoms in total. The van der Waals surface area contributed by atoms with Crippen molar-refractivity contribution in [2.45, 2.75) is 45.1 Å². The summed E-state index contributed by atoms with van der Waals surface area (Å²) in [5.74, 6) is 0.542. The van der Waals surface area contributed by atoms with Crippen molar-refractivity contribution in [2.75, 3.05) is 26.4 Å². The molecule has 0 aromatic carbocycles. The van der Waals surface area contributed by atoms with Crippen LogP contribution in [-0.2, 0) is 10.0 Å². The maximum Gasteiger partial charge on any atom is 0.211 e. The Hall–Kier alpha value is -0.130. The number of sulfonamides is 1. The second kappa shape index (κ2) is 6.71. The van der Waals surface area contributed by atoms with Gasteiger partial charge in [-0.1, -0.05) is 6.92 Å². The van der Waals surface area contributed by atoms with E-state index in [1.807, 2.05) is 7.05 Å². The van der Waals surface area contributed by atoms with E-state index in [1.54, 1.807) is 4.31 Å². The Morgan fingerprint density at radius 2 is 2.18 bits per heavy atom. The van der Waals surface area contributed by atoms with Crippen LogP contribution in [0.2, 0.25) is 0 Å². The van der Waals surface area contributed by atoms with Gasteiger partial charge in [-0.15, -0.1) is 0 Å². The van der Waals surface area contributed by atoms with Gasteiger partial charge < -0.3 is 5.32 Å². The fraction of sp³-hybridized carbons (Fsp3) is 1.00. The summed E-state index contributed by atoms with van der Waals surface area (Å²) in [6, 6.07) is 0.573. The number of hydrogen-bond donors (Lipinski definition) is 1. The minimum atomic E-state index is -2.99. The summed E-state index contributed by atoms with van der Waals surface area (Å²) in [4.78, 5) is 0. The van der Waals surface area contributed by atoms with Crippen molar-refractivity contribution in [1.29, 1.82) is 0 Å². The smallest absolute Gasteiger partial charge is 0.211 e. The average molecular weight is 262 g/mol. The summed E-state index contributed by atoms with van der Waals surface area (Å²) in [5, 5.41) is 3.30. The first-order valence-corrected chi connectivity index (χ1v) is 8.44. The lowest BCUT2D eigenvalue weighted by Crippen LogP contribution is -2.39. The van der Waals surface area contributed by atoms with Gasteiger partial charge in [-0.05, 0) is 45.1 Å². The molecule has 1 heterocycles. The standard InChI is InChI=1S/C12H26N2O2S/c1-4-12(13-2)8-7-11-6-5-9-14(10-11)17(3,15)16/h11-13H,4-10H2,1-3H3. The number of hydrogen-bond acceptors (Lipinski definition) is 3. The van der Waals surface area contributed by atoms with Crippen LogP contribution in [0, 0.1) is 5.92 Å². The summed E-state index contributed by atoms with van der Waals surface area (Å²) in [5.41, 5.74) is 0. The number of nitrogens with one attached hydrogen (secondary N) is 1. The van der Waals surface area contributed by atoms with E-state index in [0.717, 1.165) is 32.2 Å². The van der Waals surface area contributed by atoms with Crippen LogP contribution in [0.3, 0.4) is 0 Å². The predicted octanol–water partition coefficient (Wildman–Crippen LogP) is 1.44. The van der Waals surface area contributed by atoms with Crippen LogP contribution < -0.4 is 5.32 Å². The van der Waals surface area contributed by atoms with Gasteiger partial charge in [0.2, 0.25) is 10.0 Å². The van der Waals surface area contributed by atoms with Crippen molar-refractivity contribution >= 4 is 10.0 Å². The lowest BCUT2D eigenvalue weighted by molar-refractivity contribution is 0.247. The molecule has 0 bridgehead atoms. The monoisotopic (exact) mass is 262 g/mol. The molecule has 1 fully saturated rings. The van der Waals surface area contributed by atoms with Gasteiger partial charge in [0, 0.05) is 19.1 Å². The summed E-state index contributed by atoms with van der Waals surface area (Å²) in [6.07, 6.45) is 6.91. The molecule has 0 amide bonds. The van der Waals surface area contributed by atoms with E-state index in [4.69, 9.17) is 0 Å². The molecular formula is C12H26N2O2S. The van der Waals surface area contributed by atoms with E-state index >= 15 is 0 Å². The average Bonchev–Trinajstić information content (AvgIpc) is 2.30. The molecule has 1 aliphatic heterocycles. The highest BCUT2D eigenvalue weighted by Crippen LogP contribution is 2.23. The van der Waals surface area contributed by atoms with Crippen molar-refractivity contribution in [2.24, 2.45) is 5.92 Å². The number of nitrogens with zero attached hydrogens (tertiary/aromatic N) is 1. The van der Waals surface area contributed by atoms with Crippen molar-refractivity contribution in [3.05, 3.63) is 0 Å². The second-order valence-corrected chi connectivity index (χ2v) is 7.08. The van der Waals surface area contributed by atoms with E-state index in [0.29, 0.717) is 18.5 Å². The van der Waals surface area contributed by atoms with Crippen LogP contribution in [0.5, 0.6) is 0 Å². The molecule has 2 unspecified atom stereocenters. The largest absolute Gasteiger partial charge is 0.317 e. The summed E-state index contributed by atoms with van der Waals surface area (Å²) in [7, 11) is -0.993. The minimum Gasteiger partial charge on any atom is -0.317 e. The van der Waals surface area contributed by atoms with E-state index in [-0.39, 0.29) is 0 Å². The topological polar surface area (TPSA) is 49.4 Å². The summed E-state index contributed by atoms with van der Waals surface area (Å²) >= 11 is 0. The van der Waals surface area contributed by atoms with Gasteiger partial charge in [0.05, 0.1) is 6.26 Å². The van der Waals surface area contributed by atoms with E-state index in [9.17, 15) is 8.42 Å². The Kier molecular flexibility index (Phi) is 5.89. The molecule has 0 aliphatic carbocycles. The molecule has 0 aromatic rings. The fourth-order valence-electron chi connectivity index (χ4n) is 2.55. The highest BCUT2D eigenvalue weighted by molar-refractivity contribution is 7.88. The van der Waals surface area contributed by atoms with Gasteiger partial charge in [0.25, 0.3) is 0 Å². The van der Waals surface area contributed by atoms with Gasteiger partial charge in [0.15, 0.2) is 0 Å². The van der Waals surface area contributed by atoms with Crippen molar-refractivity contribution in [3.63, 3.8) is 0 Å². The normalized spacial score (nSPS) is 24.8. The lowest BCUT2D eigenvalue weighted by Gasteiger charge is -2.31. The van der Waals surface area contributed by atoms with Gasteiger partial charge in [-0.2, -0.15) is 0 Å². The van der Waals surface area contributed by atoms with Crippen LogP contribution in [0.15, 0.2) is 0 Å². The third-order valence-corrected chi connectivity index (χ3v) is 5.04. The van der Waals surface area contributed by atoms with Crippen LogP contribution >= 0.6 is 0 Å². The molecule has 102 valence electrons. The number of rotatable bonds is 6. The van der Waals surface area contributed by atoms with Crippen molar-refractivity contribution in [1.82, 2.24) is 9.62 Å². The molecule has 17 heavy (non-hydrogen) atoms. The van der Waals surface area contributed by atoms with E-state index in [1.165, 1.54) is 12.7 Å². The Balaban J connectivity index is 2.40. The molecule has 0 saturated carbocycles. The highest BCUT2D eigenvalue weighted by Gasteiger charge is 2.25.